The van der Waals surface area contributed by atoms with Crippen LogP contribution in [0, 0.1) is 5.92 Å². The topological polar surface area (TPSA) is 84.9 Å². The van der Waals surface area contributed by atoms with Crippen molar-refractivity contribution < 1.29 is 22.1 Å². The Labute approximate surface area is 178 Å². The van der Waals surface area contributed by atoms with Crippen LogP contribution in [-0.2, 0) is 37.9 Å². The third-order valence-corrected chi connectivity index (χ3v) is 5.93. The van der Waals surface area contributed by atoms with E-state index in [1.807, 2.05) is 12.1 Å². The summed E-state index contributed by atoms with van der Waals surface area (Å²) in [4.78, 5) is 13.8. The first kappa shape index (κ1) is 22.3. The summed E-state index contributed by atoms with van der Waals surface area (Å²) in [7, 11) is -2.47. The van der Waals surface area contributed by atoms with E-state index in [1.165, 1.54) is 36.3 Å². The van der Waals surface area contributed by atoms with E-state index in [9.17, 15) is 13.2 Å². The molecule has 0 fully saturated rings. The van der Waals surface area contributed by atoms with Gasteiger partial charge in [-0.1, -0.05) is 32.0 Å². The van der Waals surface area contributed by atoms with E-state index < -0.39 is 16.1 Å². The lowest BCUT2D eigenvalue weighted by Crippen LogP contribution is -2.20. The van der Waals surface area contributed by atoms with Crippen molar-refractivity contribution in [3.8, 4) is 0 Å². The zero-order chi connectivity index (χ0) is 21.7. The third kappa shape index (κ3) is 6.04. The predicted octanol–water partition coefficient (Wildman–Crippen LogP) is 3.32. The molecular weight excluding hydrogens is 404 g/mol. The number of rotatable bonds is 9. The number of carbonyl (C=O) groups is 1. The molecule has 1 aliphatic rings. The number of nitrogens with one attached hydrogen (secondary N) is 1. The SMILES string of the molecule is COC(=O)c1ccc(CS(=O)(=O)OCNc2ccc3c(c2)CN(C[C](C)C)C3)cc1. The highest BCUT2D eigenvalue weighted by molar-refractivity contribution is 7.85. The van der Waals surface area contributed by atoms with Crippen LogP contribution >= 0.6 is 0 Å². The van der Waals surface area contributed by atoms with Crippen molar-refractivity contribution in [3.05, 3.63) is 70.6 Å². The molecule has 1 N–H and O–H groups in total. The van der Waals surface area contributed by atoms with Gasteiger partial charge in [-0.25, -0.2) is 8.98 Å². The lowest BCUT2D eigenvalue weighted by atomic mass is 10.1. The average molecular weight is 432 g/mol. The second kappa shape index (κ2) is 9.59. The van der Waals surface area contributed by atoms with Crippen molar-refractivity contribution in [1.82, 2.24) is 4.90 Å². The van der Waals surface area contributed by atoms with Gasteiger partial charge >= 0.3 is 5.97 Å². The molecule has 1 radical (unpaired) electrons. The Morgan fingerprint density at radius 2 is 1.77 bits per heavy atom. The Morgan fingerprint density at radius 3 is 2.43 bits per heavy atom. The average Bonchev–Trinajstić information content (AvgIpc) is 3.08. The number of ether oxygens (including phenoxy) is 1. The molecule has 8 heteroatoms. The lowest BCUT2D eigenvalue weighted by Gasteiger charge is -2.16. The van der Waals surface area contributed by atoms with Gasteiger partial charge in [-0.2, -0.15) is 8.42 Å². The third-order valence-electron chi connectivity index (χ3n) is 4.77. The van der Waals surface area contributed by atoms with Gasteiger partial charge in [0, 0.05) is 25.3 Å². The normalized spacial score (nSPS) is 14.0. The molecule has 7 nitrogen and oxygen atoms in total. The molecule has 0 aliphatic carbocycles. The molecule has 2 aromatic carbocycles. The van der Waals surface area contributed by atoms with E-state index in [0.717, 1.165) is 25.3 Å². The van der Waals surface area contributed by atoms with Crippen molar-refractivity contribution in [1.29, 1.82) is 0 Å². The monoisotopic (exact) mass is 431 g/mol. The largest absolute Gasteiger partial charge is 0.465 e. The molecule has 2 aromatic rings. The van der Waals surface area contributed by atoms with E-state index in [0.29, 0.717) is 11.1 Å². The Hall–Kier alpha value is -2.42. The van der Waals surface area contributed by atoms with Crippen LogP contribution in [0.2, 0.25) is 0 Å². The number of fused-ring (bicyclic) bond motifs is 1. The van der Waals surface area contributed by atoms with Gasteiger partial charge in [0.05, 0.1) is 12.7 Å². The first-order valence-electron chi connectivity index (χ1n) is 9.67. The quantitative estimate of drug-likeness (QED) is 0.370. The zero-order valence-corrected chi connectivity index (χ0v) is 18.3. The van der Waals surface area contributed by atoms with Crippen molar-refractivity contribution in [2.75, 3.05) is 25.7 Å². The molecule has 0 aromatic heterocycles. The standard InChI is InChI=1S/C22H27N2O5S/c1-16(2)11-24-12-19-8-9-21(10-20(19)13-24)23-15-29-30(26,27)14-17-4-6-18(7-5-17)22(25)28-3/h4-10,23H,11-15H2,1-3H3. The van der Waals surface area contributed by atoms with E-state index >= 15 is 0 Å². The summed E-state index contributed by atoms with van der Waals surface area (Å²) in [6, 6.07) is 12.2. The van der Waals surface area contributed by atoms with E-state index in [4.69, 9.17) is 4.18 Å². The second-order valence-electron chi connectivity index (χ2n) is 7.67. The summed E-state index contributed by atoms with van der Waals surface area (Å²) in [5, 5.41) is 3.02. The summed E-state index contributed by atoms with van der Waals surface area (Å²) in [6.45, 7) is 6.89. The minimum Gasteiger partial charge on any atom is -0.465 e. The molecule has 1 heterocycles. The van der Waals surface area contributed by atoms with Gasteiger partial charge in [-0.15, -0.1) is 0 Å². The first-order valence-corrected chi connectivity index (χ1v) is 11.2. The summed E-state index contributed by atoms with van der Waals surface area (Å²) in [5.74, 6) is 0.632. The molecule has 0 saturated carbocycles. The molecule has 0 unspecified atom stereocenters. The molecule has 0 atom stereocenters. The van der Waals surface area contributed by atoms with Crippen LogP contribution in [0.25, 0.3) is 0 Å². The van der Waals surface area contributed by atoms with Crippen molar-refractivity contribution >= 4 is 21.8 Å². The smallest absolute Gasteiger partial charge is 0.337 e. The van der Waals surface area contributed by atoms with Crippen LogP contribution in [-0.4, -0.2) is 39.7 Å². The highest BCUT2D eigenvalue weighted by Gasteiger charge is 2.20. The Kier molecular flexibility index (Phi) is 7.12. The summed E-state index contributed by atoms with van der Waals surface area (Å²) in [5.41, 5.74) is 4.26. The maximum Gasteiger partial charge on any atom is 0.337 e. The highest BCUT2D eigenvalue weighted by Crippen LogP contribution is 2.26. The second-order valence-corrected chi connectivity index (χ2v) is 9.30. The fourth-order valence-corrected chi connectivity index (χ4v) is 4.36. The van der Waals surface area contributed by atoms with Crippen LogP contribution in [0.15, 0.2) is 42.5 Å². The van der Waals surface area contributed by atoms with Crippen LogP contribution in [0.4, 0.5) is 5.69 Å². The number of methoxy groups -OCH3 is 1. The molecular formula is C22H27N2O5S. The Balaban J connectivity index is 1.51. The van der Waals surface area contributed by atoms with Crippen LogP contribution in [0.3, 0.4) is 0 Å². The summed E-state index contributed by atoms with van der Waals surface area (Å²) >= 11 is 0. The van der Waals surface area contributed by atoms with E-state index in [2.05, 4.69) is 34.9 Å². The zero-order valence-electron chi connectivity index (χ0n) is 17.5. The number of hydrogen-bond donors (Lipinski definition) is 1. The maximum absolute atomic E-state index is 12.2. The van der Waals surface area contributed by atoms with Crippen LogP contribution < -0.4 is 5.32 Å². The number of hydrogen-bond acceptors (Lipinski definition) is 7. The van der Waals surface area contributed by atoms with Gasteiger partial charge in [0.2, 0.25) is 0 Å². The fourth-order valence-electron chi connectivity index (χ4n) is 3.44. The molecule has 1 aliphatic heterocycles. The van der Waals surface area contributed by atoms with Crippen molar-refractivity contribution in [2.45, 2.75) is 32.7 Å². The molecule has 0 saturated heterocycles. The predicted molar refractivity (Wildman–Crippen MR) is 115 cm³/mol. The Morgan fingerprint density at radius 1 is 1.07 bits per heavy atom. The van der Waals surface area contributed by atoms with Crippen LogP contribution in [0.1, 0.15) is 40.9 Å². The van der Waals surface area contributed by atoms with E-state index in [-0.39, 0.29) is 12.5 Å². The number of anilines is 1. The summed E-state index contributed by atoms with van der Waals surface area (Å²) < 4.78 is 34.2. The summed E-state index contributed by atoms with van der Waals surface area (Å²) in [6.07, 6.45) is 0. The lowest BCUT2D eigenvalue weighted by molar-refractivity contribution is 0.0600. The van der Waals surface area contributed by atoms with Gasteiger partial charge in [0.25, 0.3) is 10.1 Å². The maximum atomic E-state index is 12.2. The number of nitrogens with zero attached hydrogens (tertiary/aromatic N) is 1. The highest BCUT2D eigenvalue weighted by atomic mass is 32.2. The fraction of sp³-hybridized carbons (Fsp3) is 0.364. The van der Waals surface area contributed by atoms with Crippen molar-refractivity contribution in [3.63, 3.8) is 0 Å². The Bertz CT molecular complexity index is 987. The molecule has 0 spiro atoms. The van der Waals surface area contributed by atoms with E-state index in [1.54, 1.807) is 12.1 Å². The number of benzene rings is 2. The molecule has 0 amide bonds. The number of carbonyl (C=O) groups excluding carboxylic acids is 1. The molecule has 3 rings (SSSR count). The van der Waals surface area contributed by atoms with Gasteiger partial charge < -0.3 is 10.1 Å². The minimum absolute atomic E-state index is 0.146. The van der Waals surface area contributed by atoms with Gasteiger partial charge in [-0.05, 0) is 46.9 Å². The van der Waals surface area contributed by atoms with Crippen LogP contribution in [0.5, 0.6) is 0 Å². The molecule has 30 heavy (non-hydrogen) atoms. The van der Waals surface area contributed by atoms with Gasteiger partial charge in [0.15, 0.2) is 0 Å². The molecule has 0 bridgehead atoms. The first-order chi connectivity index (χ1) is 14.3. The minimum atomic E-state index is -3.77. The molecule has 161 valence electrons. The number of esters is 1. The van der Waals surface area contributed by atoms with Gasteiger partial charge in [0.1, 0.15) is 12.5 Å². The van der Waals surface area contributed by atoms with Gasteiger partial charge in [-0.3, -0.25) is 4.90 Å². The van der Waals surface area contributed by atoms with Crippen molar-refractivity contribution in [2.24, 2.45) is 0 Å².